The standard InChI is InChI=1S/C18H19ClFNO4S2/c19-14-3-1-13(2-4-14)9-10-21-17-11-26(22,23)12-18(17)27(24,25)16-7-5-15(20)6-8-16/h1-8,17-18,21H,9-12H2/t17-,18-/m0/s1. The molecule has 2 aromatic carbocycles. The maximum Gasteiger partial charge on any atom is 0.183 e. The highest BCUT2D eigenvalue weighted by Gasteiger charge is 2.45. The van der Waals surface area contributed by atoms with Crippen LogP contribution in [0, 0.1) is 5.82 Å². The Labute approximate surface area is 163 Å². The van der Waals surface area contributed by atoms with Crippen molar-refractivity contribution in [3.63, 3.8) is 0 Å². The molecule has 0 amide bonds. The number of benzene rings is 2. The molecular formula is C18H19ClFNO4S2. The summed E-state index contributed by atoms with van der Waals surface area (Å²) in [5, 5.41) is 2.60. The van der Waals surface area contributed by atoms with Gasteiger partial charge in [0.25, 0.3) is 0 Å². The Morgan fingerprint density at radius 3 is 2.30 bits per heavy atom. The van der Waals surface area contributed by atoms with Crippen molar-refractivity contribution < 1.29 is 21.2 Å². The SMILES string of the molecule is O=S1(=O)C[C@H](NCCc2ccc(Cl)cc2)[C@@H](S(=O)(=O)c2ccc(F)cc2)C1. The molecular weight excluding hydrogens is 413 g/mol. The zero-order valence-corrected chi connectivity index (χ0v) is 16.7. The third kappa shape index (κ3) is 4.87. The summed E-state index contributed by atoms with van der Waals surface area (Å²) < 4.78 is 63.0. The van der Waals surface area contributed by atoms with E-state index in [1.807, 2.05) is 12.1 Å². The van der Waals surface area contributed by atoms with E-state index in [4.69, 9.17) is 11.6 Å². The largest absolute Gasteiger partial charge is 0.311 e. The van der Waals surface area contributed by atoms with E-state index in [-0.39, 0.29) is 10.6 Å². The smallest absolute Gasteiger partial charge is 0.183 e. The van der Waals surface area contributed by atoms with Crippen molar-refractivity contribution in [1.82, 2.24) is 5.32 Å². The van der Waals surface area contributed by atoms with Gasteiger partial charge in [0.15, 0.2) is 19.7 Å². The molecule has 1 aliphatic rings. The van der Waals surface area contributed by atoms with Crippen molar-refractivity contribution in [3.05, 3.63) is 64.9 Å². The fourth-order valence-electron chi connectivity index (χ4n) is 3.16. The van der Waals surface area contributed by atoms with Gasteiger partial charge in [-0.1, -0.05) is 23.7 Å². The number of hydrogen-bond donors (Lipinski definition) is 1. The minimum atomic E-state index is -3.90. The van der Waals surface area contributed by atoms with Crippen molar-refractivity contribution >= 4 is 31.3 Å². The Morgan fingerprint density at radius 2 is 1.67 bits per heavy atom. The van der Waals surface area contributed by atoms with Crippen LogP contribution >= 0.6 is 11.6 Å². The van der Waals surface area contributed by atoms with Crippen molar-refractivity contribution in [1.29, 1.82) is 0 Å². The molecule has 5 nitrogen and oxygen atoms in total. The maximum absolute atomic E-state index is 13.1. The third-order valence-corrected chi connectivity index (χ3v) is 8.99. The van der Waals surface area contributed by atoms with Gasteiger partial charge in [0.1, 0.15) is 5.82 Å². The average Bonchev–Trinajstić information content (AvgIpc) is 2.92. The first-order chi connectivity index (χ1) is 12.7. The number of nitrogens with one attached hydrogen (secondary N) is 1. The van der Waals surface area contributed by atoms with Gasteiger partial charge < -0.3 is 5.32 Å². The molecule has 0 saturated carbocycles. The molecule has 2 atom stereocenters. The van der Waals surface area contributed by atoms with E-state index in [1.165, 1.54) is 12.1 Å². The molecule has 27 heavy (non-hydrogen) atoms. The molecule has 0 aliphatic carbocycles. The lowest BCUT2D eigenvalue weighted by molar-refractivity contribution is 0.528. The Balaban J connectivity index is 1.74. The van der Waals surface area contributed by atoms with Gasteiger partial charge in [0.05, 0.1) is 21.7 Å². The van der Waals surface area contributed by atoms with Crippen LogP contribution in [0.1, 0.15) is 5.56 Å². The molecule has 1 fully saturated rings. The summed E-state index contributed by atoms with van der Waals surface area (Å²) in [4.78, 5) is -0.0736. The van der Waals surface area contributed by atoms with Crippen LogP contribution in [0.2, 0.25) is 5.02 Å². The van der Waals surface area contributed by atoms with Crippen molar-refractivity contribution in [2.75, 3.05) is 18.1 Å². The van der Waals surface area contributed by atoms with Crippen molar-refractivity contribution in [3.8, 4) is 0 Å². The van der Waals surface area contributed by atoms with Gasteiger partial charge in [-0.25, -0.2) is 21.2 Å². The Morgan fingerprint density at radius 1 is 1.04 bits per heavy atom. The Hall–Kier alpha value is -1.48. The Kier molecular flexibility index (Phi) is 5.90. The van der Waals surface area contributed by atoms with Crippen molar-refractivity contribution in [2.45, 2.75) is 22.6 Å². The minimum Gasteiger partial charge on any atom is -0.311 e. The molecule has 146 valence electrons. The monoisotopic (exact) mass is 431 g/mol. The van der Waals surface area contributed by atoms with E-state index < -0.39 is 42.5 Å². The second-order valence-electron chi connectivity index (χ2n) is 6.55. The van der Waals surface area contributed by atoms with Crippen LogP contribution in [0.25, 0.3) is 0 Å². The van der Waals surface area contributed by atoms with E-state index in [2.05, 4.69) is 5.32 Å². The molecule has 1 saturated heterocycles. The summed E-state index contributed by atoms with van der Waals surface area (Å²) in [6.45, 7) is 0.428. The highest BCUT2D eigenvalue weighted by Crippen LogP contribution is 2.26. The third-order valence-electron chi connectivity index (χ3n) is 4.57. The van der Waals surface area contributed by atoms with E-state index in [0.29, 0.717) is 18.0 Å². The molecule has 3 rings (SSSR count). The molecule has 0 radical (unpaired) electrons. The highest BCUT2D eigenvalue weighted by atomic mass is 35.5. The summed E-state index contributed by atoms with van der Waals surface area (Å²) >= 11 is 5.85. The fourth-order valence-corrected chi connectivity index (χ4v) is 8.01. The minimum absolute atomic E-state index is 0.0736. The normalized spacial score (nSPS) is 22.0. The molecule has 0 aromatic heterocycles. The van der Waals surface area contributed by atoms with E-state index in [1.54, 1.807) is 12.1 Å². The quantitative estimate of drug-likeness (QED) is 0.709. The summed E-state index contributed by atoms with van der Waals surface area (Å²) in [6, 6.07) is 11.0. The molecule has 1 N–H and O–H groups in total. The van der Waals surface area contributed by atoms with E-state index >= 15 is 0 Å². The fraction of sp³-hybridized carbons (Fsp3) is 0.333. The first-order valence-electron chi connectivity index (χ1n) is 8.35. The van der Waals surface area contributed by atoms with Gasteiger partial charge in [0, 0.05) is 11.1 Å². The Bertz CT molecular complexity index is 1010. The second kappa shape index (κ2) is 7.87. The predicted molar refractivity (Wildman–Crippen MR) is 103 cm³/mol. The predicted octanol–water partition coefficient (Wildman–Crippen LogP) is 2.25. The van der Waals surface area contributed by atoms with Gasteiger partial charge in [-0.15, -0.1) is 0 Å². The van der Waals surface area contributed by atoms with Crippen LogP contribution in [0.5, 0.6) is 0 Å². The van der Waals surface area contributed by atoms with E-state index in [9.17, 15) is 21.2 Å². The molecule has 0 unspecified atom stereocenters. The van der Waals surface area contributed by atoms with Gasteiger partial charge in [-0.2, -0.15) is 0 Å². The van der Waals surface area contributed by atoms with Gasteiger partial charge >= 0.3 is 0 Å². The zero-order chi connectivity index (χ0) is 19.7. The molecule has 9 heteroatoms. The van der Waals surface area contributed by atoms with Gasteiger partial charge in [-0.3, -0.25) is 0 Å². The lowest BCUT2D eigenvalue weighted by Gasteiger charge is -2.20. The number of rotatable bonds is 6. The first kappa shape index (κ1) is 20.3. The summed E-state index contributed by atoms with van der Waals surface area (Å²) in [5.74, 6) is -1.23. The lowest BCUT2D eigenvalue weighted by atomic mass is 10.1. The highest BCUT2D eigenvalue weighted by molar-refractivity contribution is 7.96. The maximum atomic E-state index is 13.1. The van der Waals surface area contributed by atoms with Gasteiger partial charge in [-0.05, 0) is 54.9 Å². The van der Waals surface area contributed by atoms with E-state index in [0.717, 1.165) is 17.7 Å². The molecule has 2 aromatic rings. The number of halogens is 2. The molecule has 0 spiro atoms. The number of hydrogen-bond acceptors (Lipinski definition) is 5. The first-order valence-corrected chi connectivity index (χ1v) is 12.1. The summed E-state index contributed by atoms with van der Waals surface area (Å²) in [6.07, 6.45) is 0.608. The van der Waals surface area contributed by atoms with Crippen LogP contribution < -0.4 is 5.32 Å². The van der Waals surface area contributed by atoms with Crippen LogP contribution in [-0.4, -0.2) is 46.2 Å². The number of sulfone groups is 2. The average molecular weight is 432 g/mol. The van der Waals surface area contributed by atoms with Gasteiger partial charge in [0.2, 0.25) is 0 Å². The molecule has 1 heterocycles. The zero-order valence-electron chi connectivity index (χ0n) is 14.3. The van der Waals surface area contributed by atoms with Crippen LogP contribution in [0.3, 0.4) is 0 Å². The lowest BCUT2D eigenvalue weighted by Crippen LogP contribution is -2.44. The van der Waals surface area contributed by atoms with Crippen molar-refractivity contribution in [2.24, 2.45) is 0 Å². The molecule has 0 bridgehead atoms. The van der Waals surface area contributed by atoms with Crippen LogP contribution in [-0.2, 0) is 26.1 Å². The van der Waals surface area contributed by atoms with Crippen LogP contribution in [0.4, 0.5) is 4.39 Å². The van der Waals surface area contributed by atoms with Crippen LogP contribution in [0.15, 0.2) is 53.4 Å². The topological polar surface area (TPSA) is 80.3 Å². The summed E-state index contributed by atoms with van der Waals surface area (Å²) in [7, 11) is -7.38. The molecule has 1 aliphatic heterocycles. The second-order valence-corrected chi connectivity index (χ2v) is 11.3. The summed E-state index contributed by atoms with van der Waals surface area (Å²) in [5.41, 5.74) is 1.01.